The van der Waals surface area contributed by atoms with E-state index < -0.39 is 0 Å². The van der Waals surface area contributed by atoms with Crippen molar-refractivity contribution in [1.29, 1.82) is 0 Å². The van der Waals surface area contributed by atoms with Gasteiger partial charge in [0.05, 0.1) is 13.2 Å². The van der Waals surface area contributed by atoms with E-state index in [1.165, 1.54) is 0 Å². The van der Waals surface area contributed by atoms with E-state index in [1.54, 1.807) is 0 Å². The van der Waals surface area contributed by atoms with Gasteiger partial charge < -0.3 is 15.0 Å². The Morgan fingerprint density at radius 1 is 1.43 bits per heavy atom. The molecule has 1 aliphatic rings. The molecule has 2 rings (SSSR count). The zero-order chi connectivity index (χ0) is 16.8. The summed E-state index contributed by atoms with van der Waals surface area (Å²) >= 11 is 0. The smallest absolute Gasteiger partial charge is 0.255 e. The highest BCUT2D eigenvalue weighted by molar-refractivity contribution is 5.76. The van der Waals surface area contributed by atoms with E-state index in [0.29, 0.717) is 43.3 Å². The molecule has 1 aromatic heterocycles. The third-order valence-electron chi connectivity index (χ3n) is 4.14. The average molecular weight is 322 g/mol. The molecule has 7 heteroatoms. The van der Waals surface area contributed by atoms with Gasteiger partial charge in [0.25, 0.3) is 5.56 Å². The van der Waals surface area contributed by atoms with Crippen LogP contribution in [-0.4, -0.2) is 48.2 Å². The molecule has 23 heavy (non-hydrogen) atoms. The van der Waals surface area contributed by atoms with E-state index in [0.717, 1.165) is 19.5 Å². The molecule has 0 saturated carbocycles. The van der Waals surface area contributed by atoms with Crippen LogP contribution in [0.25, 0.3) is 0 Å². The van der Waals surface area contributed by atoms with Gasteiger partial charge in [-0.25, -0.2) is 4.98 Å². The summed E-state index contributed by atoms with van der Waals surface area (Å²) in [6.45, 7) is 8.53. The highest BCUT2D eigenvalue weighted by Crippen LogP contribution is 2.11. The number of hydrogen-bond donors (Lipinski definition) is 2. The molecule has 2 N–H and O–H groups in total. The van der Waals surface area contributed by atoms with Crippen molar-refractivity contribution in [3.8, 4) is 0 Å². The van der Waals surface area contributed by atoms with E-state index in [2.05, 4.69) is 15.3 Å². The normalized spacial score (nSPS) is 16.2. The molecule has 1 saturated heterocycles. The first-order valence-corrected chi connectivity index (χ1v) is 8.23. The standard InChI is InChI=1S/C16H26N4O3/c1-4-11(2)17-14(21)6-5-13-12(3)18-16(19-15(13)22)20-7-9-23-10-8-20/h11H,4-10H2,1-3H3,(H,17,21)(H,18,19,22). The minimum Gasteiger partial charge on any atom is -0.378 e. The van der Waals surface area contributed by atoms with Gasteiger partial charge in [-0.3, -0.25) is 14.6 Å². The number of rotatable bonds is 6. The lowest BCUT2D eigenvalue weighted by Crippen LogP contribution is -2.39. The van der Waals surface area contributed by atoms with Crippen LogP contribution < -0.4 is 15.8 Å². The number of anilines is 1. The molecule has 2 heterocycles. The minimum absolute atomic E-state index is 0.0320. The lowest BCUT2D eigenvalue weighted by Gasteiger charge is -2.27. The van der Waals surface area contributed by atoms with Gasteiger partial charge in [0.15, 0.2) is 0 Å². The van der Waals surface area contributed by atoms with Gasteiger partial charge in [-0.1, -0.05) is 6.92 Å². The third-order valence-corrected chi connectivity index (χ3v) is 4.14. The lowest BCUT2D eigenvalue weighted by molar-refractivity contribution is -0.121. The summed E-state index contributed by atoms with van der Waals surface area (Å²) < 4.78 is 5.31. The van der Waals surface area contributed by atoms with Crippen LogP contribution in [0.2, 0.25) is 0 Å². The number of morpholine rings is 1. The first kappa shape index (κ1) is 17.5. The maximum atomic E-state index is 12.3. The van der Waals surface area contributed by atoms with Crippen molar-refractivity contribution < 1.29 is 9.53 Å². The highest BCUT2D eigenvalue weighted by atomic mass is 16.5. The summed E-state index contributed by atoms with van der Waals surface area (Å²) in [4.78, 5) is 33.5. The molecule has 0 radical (unpaired) electrons. The fourth-order valence-electron chi connectivity index (χ4n) is 2.50. The van der Waals surface area contributed by atoms with Gasteiger partial charge in [-0.2, -0.15) is 0 Å². The molecule has 1 atom stereocenters. The molecule has 0 aromatic carbocycles. The van der Waals surface area contributed by atoms with Crippen molar-refractivity contribution in [2.75, 3.05) is 31.2 Å². The number of ether oxygens (including phenoxy) is 1. The van der Waals surface area contributed by atoms with Crippen molar-refractivity contribution in [2.45, 2.75) is 46.1 Å². The number of carbonyl (C=O) groups excluding carboxylic acids is 1. The number of nitrogens with zero attached hydrogens (tertiary/aromatic N) is 2. The highest BCUT2D eigenvalue weighted by Gasteiger charge is 2.17. The molecular weight excluding hydrogens is 296 g/mol. The van der Waals surface area contributed by atoms with Gasteiger partial charge in [-0.15, -0.1) is 0 Å². The van der Waals surface area contributed by atoms with Crippen molar-refractivity contribution in [2.24, 2.45) is 0 Å². The van der Waals surface area contributed by atoms with Crippen LogP contribution in [-0.2, 0) is 16.0 Å². The Morgan fingerprint density at radius 3 is 2.74 bits per heavy atom. The number of hydrogen-bond acceptors (Lipinski definition) is 5. The second kappa shape index (κ2) is 8.10. The monoisotopic (exact) mass is 322 g/mol. The van der Waals surface area contributed by atoms with Gasteiger partial charge in [0, 0.05) is 36.8 Å². The molecule has 1 aliphatic heterocycles. The molecule has 0 aliphatic carbocycles. The summed E-state index contributed by atoms with van der Waals surface area (Å²) in [7, 11) is 0. The molecule has 1 aromatic rings. The maximum absolute atomic E-state index is 12.3. The Kier molecular flexibility index (Phi) is 6.15. The van der Waals surface area contributed by atoms with E-state index in [4.69, 9.17) is 4.74 Å². The zero-order valence-electron chi connectivity index (χ0n) is 14.1. The van der Waals surface area contributed by atoms with Crippen LogP contribution in [0.5, 0.6) is 0 Å². The quantitative estimate of drug-likeness (QED) is 0.807. The molecular formula is C16H26N4O3. The fourth-order valence-corrected chi connectivity index (χ4v) is 2.50. The first-order chi connectivity index (χ1) is 11.0. The molecule has 0 bridgehead atoms. The summed E-state index contributed by atoms with van der Waals surface area (Å²) in [6, 6.07) is 0.156. The molecule has 1 unspecified atom stereocenters. The fraction of sp³-hybridized carbons (Fsp3) is 0.688. The second-order valence-corrected chi connectivity index (χ2v) is 5.93. The van der Waals surface area contributed by atoms with Crippen LogP contribution in [0.3, 0.4) is 0 Å². The predicted octanol–water partition coefficient (Wildman–Crippen LogP) is 0.762. The van der Waals surface area contributed by atoms with Gasteiger partial charge in [0.1, 0.15) is 0 Å². The third kappa shape index (κ3) is 4.79. The Bertz CT molecular complexity index is 593. The molecule has 128 valence electrons. The largest absolute Gasteiger partial charge is 0.378 e. The van der Waals surface area contributed by atoms with Crippen molar-refractivity contribution >= 4 is 11.9 Å². The van der Waals surface area contributed by atoms with Crippen LogP contribution in [0.4, 0.5) is 5.95 Å². The summed E-state index contributed by atoms with van der Waals surface area (Å²) in [5.41, 5.74) is 1.11. The Balaban J connectivity index is 2.02. The maximum Gasteiger partial charge on any atom is 0.255 e. The van der Waals surface area contributed by atoms with Crippen LogP contribution in [0.1, 0.15) is 37.9 Å². The van der Waals surface area contributed by atoms with E-state index >= 15 is 0 Å². The molecule has 0 spiro atoms. The topological polar surface area (TPSA) is 87.3 Å². The zero-order valence-corrected chi connectivity index (χ0v) is 14.1. The van der Waals surface area contributed by atoms with E-state index in [-0.39, 0.29) is 17.5 Å². The van der Waals surface area contributed by atoms with Gasteiger partial charge >= 0.3 is 0 Å². The summed E-state index contributed by atoms with van der Waals surface area (Å²) in [5, 5.41) is 2.91. The van der Waals surface area contributed by atoms with Crippen LogP contribution >= 0.6 is 0 Å². The average Bonchev–Trinajstić information content (AvgIpc) is 2.54. The van der Waals surface area contributed by atoms with Crippen LogP contribution in [0.15, 0.2) is 4.79 Å². The second-order valence-electron chi connectivity index (χ2n) is 5.93. The predicted molar refractivity (Wildman–Crippen MR) is 88.8 cm³/mol. The minimum atomic E-state index is -0.157. The van der Waals surface area contributed by atoms with E-state index in [1.807, 2.05) is 25.7 Å². The molecule has 1 fully saturated rings. The van der Waals surface area contributed by atoms with Crippen molar-refractivity contribution in [3.63, 3.8) is 0 Å². The number of amides is 1. The van der Waals surface area contributed by atoms with Crippen LogP contribution in [0, 0.1) is 6.92 Å². The first-order valence-electron chi connectivity index (χ1n) is 8.23. The van der Waals surface area contributed by atoms with Gasteiger partial charge in [-0.05, 0) is 26.7 Å². The number of aromatic nitrogens is 2. The number of H-pyrrole nitrogens is 1. The molecule has 1 amide bonds. The Labute approximate surface area is 136 Å². The van der Waals surface area contributed by atoms with Crippen molar-refractivity contribution in [1.82, 2.24) is 15.3 Å². The van der Waals surface area contributed by atoms with E-state index in [9.17, 15) is 9.59 Å². The summed E-state index contributed by atoms with van der Waals surface area (Å²) in [6.07, 6.45) is 1.59. The van der Waals surface area contributed by atoms with Crippen molar-refractivity contribution in [3.05, 3.63) is 21.6 Å². The Hall–Kier alpha value is -1.89. The Morgan fingerprint density at radius 2 is 2.13 bits per heavy atom. The summed E-state index contributed by atoms with van der Waals surface area (Å²) in [5.74, 6) is 0.555. The molecule has 7 nitrogen and oxygen atoms in total. The number of carbonyl (C=O) groups is 1. The number of aromatic amines is 1. The number of aryl methyl sites for hydroxylation is 1. The SMILES string of the molecule is CCC(C)NC(=O)CCc1c(C)nc(N2CCOCC2)[nH]c1=O. The lowest BCUT2D eigenvalue weighted by atomic mass is 10.1. The number of nitrogens with one attached hydrogen (secondary N) is 2. The van der Waals surface area contributed by atoms with Gasteiger partial charge in [0.2, 0.25) is 11.9 Å².